The zero-order valence-corrected chi connectivity index (χ0v) is 13.9. The van der Waals surface area contributed by atoms with Gasteiger partial charge in [-0.1, -0.05) is 29.3 Å². The molecule has 1 aromatic heterocycles. The van der Waals surface area contributed by atoms with Gasteiger partial charge in [-0.05, 0) is 43.2 Å². The maximum absolute atomic E-state index is 11.9. The molecule has 21 heavy (non-hydrogen) atoms. The van der Waals surface area contributed by atoms with Crippen LogP contribution < -0.4 is 10.6 Å². The van der Waals surface area contributed by atoms with E-state index in [1.54, 1.807) is 23.5 Å². The SMILES string of the molecule is Cc1ccc(Cl)cc1NC(=O)CNCCc1ccc(Cl)s1. The van der Waals surface area contributed by atoms with Crippen LogP contribution >= 0.6 is 34.5 Å². The Kier molecular flexibility index (Phi) is 6.06. The zero-order chi connectivity index (χ0) is 15.2. The molecule has 2 rings (SSSR count). The molecule has 0 saturated heterocycles. The number of aryl methyl sites for hydroxylation is 1. The topological polar surface area (TPSA) is 41.1 Å². The number of amides is 1. The summed E-state index contributed by atoms with van der Waals surface area (Å²) in [5.74, 6) is -0.0791. The van der Waals surface area contributed by atoms with Crippen molar-refractivity contribution in [1.29, 1.82) is 0 Å². The van der Waals surface area contributed by atoms with E-state index in [4.69, 9.17) is 23.2 Å². The molecule has 2 aromatic rings. The standard InChI is InChI=1S/C15H16Cl2N2OS/c1-10-2-3-11(16)8-13(10)19-15(20)9-18-7-6-12-4-5-14(17)21-12/h2-5,8,18H,6-7,9H2,1H3,(H,19,20). The number of benzene rings is 1. The zero-order valence-electron chi connectivity index (χ0n) is 11.6. The highest BCUT2D eigenvalue weighted by molar-refractivity contribution is 7.16. The molecule has 0 atom stereocenters. The second kappa shape index (κ2) is 7.80. The van der Waals surface area contributed by atoms with Gasteiger partial charge in [0.2, 0.25) is 5.91 Å². The lowest BCUT2D eigenvalue weighted by molar-refractivity contribution is -0.115. The molecular weight excluding hydrogens is 327 g/mol. The molecule has 1 amide bonds. The number of hydrogen-bond donors (Lipinski definition) is 2. The van der Waals surface area contributed by atoms with Crippen molar-refractivity contribution >= 4 is 46.1 Å². The van der Waals surface area contributed by atoms with Gasteiger partial charge in [-0.15, -0.1) is 11.3 Å². The van der Waals surface area contributed by atoms with E-state index in [0.29, 0.717) is 5.02 Å². The van der Waals surface area contributed by atoms with Gasteiger partial charge in [-0.3, -0.25) is 4.79 Å². The van der Waals surface area contributed by atoms with Gasteiger partial charge in [0.1, 0.15) is 0 Å². The summed E-state index contributed by atoms with van der Waals surface area (Å²) in [6.07, 6.45) is 0.862. The van der Waals surface area contributed by atoms with Crippen LogP contribution in [0.5, 0.6) is 0 Å². The van der Waals surface area contributed by atoms with Crippen LogP contribution in [-0.4, -0.2) is 19.0 Å². The molecule has 2 N–H and O–H groups in total. The minimum atomic E-state index is -0.0791. The normalized spacial score (nSPS) is 10.6. The summed E-state index contributed by atoms with van der Waals surface area (Å²) >= 11 is 13.3. The Bertz CT molecular complexity index is 628. The van der Waals surface area contributed by atoms with Crippen LogP contribution in [-0.2, 0) is 11.2 Å². The van der Waals surface area contributed by atoms with Gasteiger partial charge in [0, 0.05) is 22.1 Å². The average molecular weight is 343 g/mol. The first-order chi connectivity index (χ1) is 10.0. The number of carbonyl (C=O) groups excluding carboxylic acids is 1. The first kappa shape index (κ1) is 16.3. The lowest BCUT2D eigenvalue weighted by atomic mass is 10.2. The van der Waals surface area contributed by atoms with E-state index >= 15 is 0 Å². The summed E-state index contributed by atoms with van der Waals surface area (Å²) in [5, 5.41) is 6.57. The van der Waals surface area contributed by atoms with Gasteiger partial charge < -0.3 is 10.6 Å². The molecule has 0 radical (unpaired) electrons. The molecular formula is C15H16Cl2N2OS. The largest absolute Gasteiger partial charge is 0.325 e. The number of carbonyl (C=O) groups is 1. The monoisotopic (exact) mass is 342 g/mol. The molecule has 0 aliphatic rings. The van der Waals surface area contributed by atoms with Crippen LogP contribution in [0.15, 0.2) is 30.3 Å². The maximum Gasteiger partial charge on any atom is 0.238 e. The van der Waals surface area contributed by atoms with Crippen LogP contribution in [0.25, 0.3) is 0 Å². The van der Waals surface area contributed by atoms with Crippen molar-refractivity contribution in [3.05, 3.63) is 50.1 Å². The van der Waals surface area contributed by atoms with E-state index in [1.807, 2.05) is 25.1 Å². The molecule has 0 aliphatic heterocycles. The Morgan fingerprint density at radius 2 is 2.05 bits per heavy atom. The first-order valence-electron chi connectivity index (χ1n) is 6.55. The lowest BCUT2D eigenvalue weighted by Crippen LogP contribution is -2.29. The molecule has 3 nitrogen and oxygen atoms in total. The number of halogens is 2. The van der Waals surface area contributed by atoms with Crippen molar-refractivity contribution in [2.45, 2.75) is 13.3 Å². The van der Waals surface area contributed by atoms with E-state index in [9.17, 15) is 4.79 Å². The van der Waals surface area contributed by atoms with E-state index in [0.717, 1.165) is 28.6 Å². The van der Waals surface area contributed by atoms with Crippen molar-refractivity contribution < 1.29 is 4.79 Å². The highest BCUT2D eigenvalue weighted by Gasteiger charge is 2.05. The van der Waals surface area contributed by atoms with Crippen molar-refractivity contribution in [2.75, 3.05) is 18.4 Å². The average Bonchev–Trinajstić information content (AvgIpc) is 2.85. The van der Waals surface area contributed by atoms with E-state index in [1.165, 1.54) is 4.88 Å². The van der Waals surface area contributed by atoms with Gasteiger partial charge in [-0.2, -0.15) is 0 Å². The van der Waals surface area contributed by atoms with Gasteiger partial charge in [0.15, 0.2) is 0 Å². The van der Waals surface area contributed by atoms with Crippen LogP contribution in [0.1, 0.15) is 10.4 Å². The van der Waals surface area contributed by atoms with Gasteiger partial charge in [-0.25, -0.2) is 0 Å². The lowest BCUT2D eigenvalue weighted by Gasteiger charge is -2.09. The van der Waals surface area contributed by atoms with E-state index in [-0.39, 0.29) is 12.5 Å². The third kappa shape index (κ3) is 5.32. The summed E-state index contributed by atoms with van der Waals surface area (Å²) in [5.41, 5.74) is 1.74. The Morgan fingerprint density at radius 1 is 1.24 bits per heavy atom. The molecule has 0 spiro atoms. The Hall–Kier alpha value is -1.07. The van der Waals surface area contributed by atoms with Crippen molar-refractivity contribution in [3.8, 4) is 0 Å². The molecule has 1 aromatic carbocycles. The number of nitrogens with one attached hydrogen (secondary N) is 2. The fraction of sp³-hybridized carbons (Fsp3) is 0.267. The molecule has 0 unspecified atom stereocenters. The van der Waals surface area contributed by atoms with Gasteiger partial charge in [0.25, 0.3) is 0 Å². The second-order valence-corrected chi connectivity index (χ2v) is 6.88. The Balaban J connectivity index is 1.73. The minimum absolute atomic E-state index is 0.0791. The van der Waals surface area contributed by atoms with E-state index in [2.05, 4.69) is 10.6 Å². The summed E-state index contributed by atoms with van der Waals surface area (Å²) in [6, 6.07) is 9.32. The minimum Gasteiger partial charge on any atom is -0.325 e. The third-order valence-corrected chi connectivity index (χ3v) is 4.46. The van der Waals surface area contributed by atoms with Crippen LogP contribution in [0.3, 0.4) is 0 Å². The number of thiophene rings is 1. The molecule has 112 valence electrons. The van der Waals surface area contributed by atoms with Crippen molar-refractivity contribution in [2.24, 2.45) is 0 Å². The van der Waals surface area contributed by atoms with Crippen molar-refractivity contribution in [3.63, 3.8) is 0 Å². The van der Waals surface area contributed by atoms with Crippen LogP contribution in [0.2, 0.25) is 9.36 Å². The van der Waals surface area contributed by atoms with Gasteiger partial charge in [0.05, 0.1) is 10.9 Å². The number of hydrogen-bond acceptors (Lipinski definition) is 3. The second-order valence-electron chi connectivity index (χ2n) is 4.64. The Morgan fingerprint density at radius 3 is 2.76 bits per heavy atom. The first-order valence-corrected chi connectivity index (χ1v) is 8.13. The fourth-order valence-electron chi connectivity index (χ4n) is 1.82. The summed E-state index contributed by atoms with van der Waals surface area (Å²) in [6.45, 7) is 2.93. The molecule has 6 heteroatoms. The molecule has 0 bridgehead atoms. The van der Waals surface area contributed by atoms with Gasteiger partial charge >= 0.3 is 0 Å². The quantitative estimate of drug-likeness (QED) is 0.774. The molecule has 0 saturated carbocycles. The maximum atomic E-state index is 11.9. The number of anilines is 1. The molecule has 1 heterocycles. The van der Waals surface area contributed by atoms with Crippen LogP contribution in [0.4, 0.5) is 5.69 Å². The van der Waals surface area contributed by atoms with Crippen LogP contribution in [0, 0.1) is 6.92 Å². The molecule has 0 fully saturated rings. The highest BCUT2D eigenvalue weighted by atomic mass is 35.5. The summed E-state index contributed by atoms with van der Waals surface area (Å²) < 4.78 is 0.791. The summed E-state index contributed by atoms with van der Waals surface area (Å²) in [7, 11) is 0. The predicted molar refractivity (Wildman–Crippen MR) is 90.7 cm³/mol. The van der Waals surface area contributed by atoms with Crippen molar-refractivity contribution in [1.82, 2.24) is 5.32 Å². The van der Waals surface area contributed by atoms with E-state index < -0.39 is 0 Å². The fourth-order valence-corrected chi connectivity index (χ4v) is 3.08. The Labute approximate surface area is 138 Å². The molecule has 0 aliphatic carbocycles. The highest BCUT2D eigenvalue weighted by Crippen LogP contribution is 2.21. The number of rotatable bonds is 6. The third-order valence-electron chi connectivity index (χ3n) is 2.94. The predicted octanol–water partition coefficient (Wildman–Crippen LogP) is 4.13. The smallest absolute Gasteiger partial charge is 0.238 e. The summed E-state index contributed by atoms with van der Waals surface area (Å²) in [4.78, 5) is 13.1.